The predicted octanol–water partition coefficient (Wildman–Crippen LogP) is 1.17. The van der Waals surface area contributed by atoms with Crippen LogP contribution in [0.4, 0.5) is 5.69 Å². The Labute approximate surface area is 173 Å². The normalized spacial score (nSPS) is 10.0. The molecule has 0 saturated heterocycles. The van der Waals surface area contributed by atoms with Gasteiger partial charge in [-0.1, -0.05) is 17.7 Å². The average Bonchev–Trinajstić information content (AvgIpc) is 2.71. The van der Waals surface area contributed by atoms with Gasteiger partial charge in [-0.2, -0.15) is 5.26 Å². The van der Waals surface area contributed by atoms with E-state index < -0.39 is 19.6 Å². The molecule has 2 aromatic rings. The number of methoxy groups -OCH3 is 1. The van der Waals surface area contributed by atoms with Gasteiger partial charge in [-0.05, 0) is 35.8 Å². The monoisotopic (exact) mass is 416 g/mol. The molecule has 0 radical (unpaired) electrons. The van der Waals surface area contributed by atoms with Crippen LogP contribution >= 0.6 is 11.6 Å². The van der Waals surface area contributed by atoms with E-state index in [0.29, 0.717) is 17.0 Å². The van der Waals surface area contributed by atoms with Crippen LogP contribution in [0, 0.1) is 11.3 Å². The first-order chi connectivity index (χ1) is 13.9. The summed E-state index contributed by atoms with van der Waals surface area (Å²) in [4.78, 5) is 25.3. The van der Waals surface area contributed by atoms with Gasteiger partial charge in [0, 0.05) is 22.8 Å². The predicted molar refractivity (Wildman–Crippen MR) is 108 cm³/mol. The fraction of sp³-hybridized carbons (Fsp3) is 0.211. The second kappa shape index (κ2) is 10.5. The van der Waals surface area contributed by atoms with Crippen molar-refractivity contribution < 1.29 is 29.1 Å². The highest BCUT2D eigenvalue weighted by atomic mass is 35.5. The van der Waals surface area contributed by atoms with Crippen LogP contribution in [-0.2, 0) is 4.79 Å². The largest absolute Gasteiger partial charge is 0.493 e. The van der Waals surface area contributed by atoms with Crippen molar-refractivity contribution in [3.8, 4) is 17.6 Å². The van der Waals surface area contributed by atoms with Gasteiger partial charge in [0.15, 0.2) is 18.1 Å². The summed E-state index contributed by atoms with van der Waals surface area (Å²) in [6.07, 6.45) is 0.550. The fourth-order valence-electron chi connectivity index (χ4n) is 2.61. The molecule has 0 atom stereocenters. The van der Waals surface area contributed by atoms with Gasteiger partial charge in [-0.15, -0.1) is 0 Å². The highest BCUT2D eigenvalue weighted by Gasteiger charge is 2.22. The van der Waals surface area contributed by atoms with Crippen molar-refractivity contribution >= 4 is 42.1 Å². The van der Waals surface area contributed by atoms with Crippen LogP contribution in [0.2, 0.25) is 5.02 Å². The molecule has 0 unspecified atom stereocenters. The number of nitrogens with zero attached hydrogens (tertiary/aromatic N) is 2. The van der Waals surface area contributed by atoms with Crippen LogP contribution in [0.3, 0.4) is 0 Å². The quantitative estimate of drug-likeness (QED) is 0.465. The number of hydrogen-bond acceptors (Lipinski definition) is 7. The Morgan fingerprint density at radius 1 is 1.31 bits per heavy atom. The number of ether oxygens (including phenoxy) is 2. The summed E-state index contributed by atoms with van der Waals surface area (Å²) in [6.45, 7) is -0.265. The molecule has 2 N–H and O–H groups in total. The third-order valence-corrected chi connectivity index (χ3v) is 4.23. The van der Waals surface area contributed by atoms with Crippen molar-refractivity contribution in [1.29, 1.82) is 5.26 Å². The minimum atomic E-state index is -1.87. The van der Waals surface area contributed by atoms with Gasteiger partial charge < -0.3 is 24.4 Å². The summed E-state index contributed by atoms with van der Waals surface area (Å²) in [5.41, 5.74) is 0.449. The van der Waals surface area contributed by atoms with E-state index >= 15 is 0 Å². The molecule has 2 rings (SSSR count). The van der Waals surface area contributed by atoms with Crippen LogP contribution in [0.15, 0.2) is 36.4 Å². The lowest BCUT2D eigenvalue weighted by Gasteiger charge is -2.22. The topological polar surface area (TPSA) is 120 Å². The molecule has 0 aliphatic heterocycles. The Hall–Kier alpha value is -3.06. The van der Waals surface area contributed by atoms with Gasteiger partial charge in [-0.3, -0.25) is 9.59 Å². The van der Waals surface area contributed by atoms with Gasteiger partial charge >= 0.3 is 7.12 Å². The zero-order valence-electron chi connectivity index (χ0n) is 15.5. The number of aldehydes is 1. The molecule has 0 heterocycles. The van der Waals surface area contributed by atoms with Crippen molar-refractivity contribution in [2.75, 3.05) is 25.2 Å². The van der Waals surface area contributed by atoms with Gasteiger partial charge in [0.2, 0.25) is 0 Å². The highest BCUT2D eigenvalue weighted by Crippen LogP contribution is 2.27. The number of anilines is 1. The molecule has 0 aliphatic rings. The molecular formula is C19H18BClN2O6. The molecule has 0 aromatic heterocycles. The van der Waals surface area contributed by atoms with Gasteiger partial charge in [-0.25, -0.2) is 0 Å². The van der Waals surface area contributed by atoms with E-state index in [0.717, 1.165) is 0 Å². The van der Waals surface area contributed by atoms with Crippen molar-refractivity contribution in [3.63, 3.8) is 0 Å². The first-order valence-corrected chi connectivity index (χ1v) is 8.88. The molecular weight excluding hydrogens is 398 g/mol. The van der Waals surface area contributed by atoms with E-state index in [4.69, 9.17) is 26.3 Å². The molecule has 150 valence electrons. The van der Waals surface area contributed by atoms with Gasteiger partial charge in [0.05, 0.1) is 19.6 Å². The number of amides is 1. The van der Waals surface area contributed by atoms with E-state index in [1.165, 1.54) is 24.1 Å². The molecule has 8 nitrogen and oxygen atoms in total. The summed E-state index contributed by atoms with van der Waals surface area (Å²) in [5, 5.41) is 28.0. The van der Waals surface area contributed by atoms with Gasteiger partial charge in [0.1, 0.15) is 6.29 Å². The van der Waals surface area contributed by atoms with Crippen molar-refractivity contribution in [2.24, 2.45) is 0 Å². The number of nitriles is 1. The Balaban J connectivity index is 2.25. The maximum atomic E-state index is 12.7. The zero-order valence-corrected chi connectivity index (χ0v) is 16.3. The maximum absolute atomic E-state index is 12.7. The zero-order chi connectivity index (χ0) is 21.4. The summed E-state index contributed by atoms with van der Waals surface area (Å²) >= 11 is 5.99. The Morgan fingerprint density at radius 3 is 2.66 bits per heavy atom. The van der Waals surface area contributed by atoms with E-state index in [1.54, 1.807) is 24.3 Å². The number of carbonyl (C=O) groups excluding carboxylic acids is 2. The van der Waals surface area contributed by atoms with Crippen LogP contribution in [0.1, 0.15) is 16.8 Å². The molecule has 10 heteroatoms. The number of carbonyl (C=O) groups is 2. The minimum Gasteiger partial charge on any atom is -0.493 e. The standard InChI is InChI=1S/C19H18BClN2O6/c1-28-17-10-16(20(26)27)13(11-24)8-18(17)29-12-19(25)23(7-3-6-22)15-5-2-4-14(21)9-15/h2,4-5,8-11,26-27H,3,7,12H2,1H3. The lowest BCUT2D eigenvalue weighted by Crippen LogP contribution is -2.36. The lowest BCUT2D eigenvalue weighted by atomic mass is 9.77. The van der Waals surface area contributed by atoms with Crippen molar-refractivity contribution in [3.05, 3.63) is 47.0 Å². The van der Waals surface area contributed by atoms with E-state index in [-0.39, 0.29) is 35.5 Å². The molecule has 0 saturated carbocycles. The number of hydrogen-bond donors (Lipinski definition) is 2. The number of halogens is 1. The Kier molecular flexibility index (Phi) is 8.03. The number of rotatable bonds is 9. The minimum absolute atomic E-state index is 0.0144. The average molecular weight is 417 g/mol. The molecule has 2 aromatic carbocycles. The molecule has 1 amide bonds. The molecule has 0 spiro atoms. The van der Waals surface area contributed by atoms with E-state index in [2.05, 4.69) is 0 Å². The Morgan fingerprint density at radius 2 is 2.07 bits per heavy atom. The van der Waals surface area contributed by atoms with Crippen molar-refractivity contribution in [2.45, 2.75) is 6.42 Å². The third kappa shape index (κ3) is 5.71. The second-order valence-corrected chi connectivity index (χ2v) is 6.28. The Bertz CT molecular complexity index is 931. The SMILES string of the molecule is COc1cc(B(O)O)c(C=O)cc1OCC(=O)N(CCC#N)c1cccc(Cl)c1. The fourth-order valence-corrected chi connectivity index (χ4v) is 2.79. The van der Waals surface area contributed by atoms with E-state index in [1.807, 2.05) is 6.07 Å². The smallest absolute Gasteiger partial charge is 0.489 e. The van der Waals surface area contributed by atoms with Crippen LogP contribution in [0.5, 0.6) is 11.5 Å². The first kappa shape index (κ1) is 22.2. The highest BCUT2D eigenvalue weighted by molar-refractivity contribution is 6.60. The molecule has 0 fully saturated rings. The molecule has 0 bridgehead atoms. The van der Waals surface area contributed by atoms with Crippen LogP contribution < -0.4 is 19.8 Å². The first-order valence-electron chi connectivity index (χ1n) is 8.50. The third-order valence-electron chi connectivity index (χ3n) is 3.99. The second-order valence-electron chi connectivity index (χ2n) is 5.85. The lowest BCUT2D eigenvalue weighted by molar-refractivity contribution is -0.120. The van der Waals surface area contributed by atoms with Gasteiger partial charge in [0.25, 0.3) is 5.91 Å². The van der Waals surface area contributed by atoms with Crippen LogP contribution in [0.25, 0.3) is 0 Å². The number of benzene rings is 2. The summed E-state index contributed by atoms with van der Waals surface area (Å²) in [7, 11) is -0.535. The molecule has 29 heavy (non-hydrogen) atoms. The van der Waals surface area contributed by atoms with Crippen LogP contribution in [-0.4, -0.2) is 49.6 Å². The molecule has 0 aliphatic carbocycles. The maximum Gasteiger partial charge on any atom is 0.489 e. The summed E-state index contributed by atoms with van der Waals surface area (Å²) in [5.74, 6) is -0.236. The summed E-state index contributed by atoms with van der Waals surface area (Å²) < 4.78 is 10.7. The summed E-state index contributed by atoms with van der Waals surface area (Å²) in [6, 6.07) is 11.1. The van der Waals surface area contributed by atoms with Crippen molar-refractivity contribution in [1.82, 2.24) is 0 Å². The van der Waals surface area contributed by atoms with E-state index in [9.17, 15) is 19.6 Å².